The van der Waals surface area contributed by atoms with Crippen molar-refractivity contribution in [2.24, 2.45) is 5.41 Å². The van der Waals surface area contributed by atoms with Gasteiger partial charge in [-0.05, 0) is 42.9 Å². The molecule has 1 heterocycles. The van der Waals surface area contributed by atoms with Crippen LogP contribution in [0, 0.1) is 5.41 Å². The molecule has 20 heavy (non-hydrogen) atoms. The van der Waals surface area contributed by atoms with Gasteiger partial charge in [0.1, 0.15) is 0 Å². The Morgan fingerprint density at radius 1 is 1.45 bits per heavy atom. The highest BCUT2D eigenvalue weighted by Gasteiger charge is 2.41. The Bertz CT molecular complexity index is 644. The van der Waals surface area contributed by atoms with E-state index in [0.29, 0.717) is 17.8 Å². The number of nitrogens with one attached hydrogen (secondary N) is 2. The number of aromatic nitrogens is 1. The maximum absolute atomic E-state index is 12.3. The van der Waals surface area contributed by atoms with Crippen LogP contribution in [-0.4, -0.2) is 29.1 Å². The molecule has 3 rings (SSSR count). The molecule has 1 amide bonds. The predicted octanol–water partition coefficient (Wildman–Crippen LogP) is 1.64. The largest absolute Gasteiger partial charge is 0.399 e. The molecule has 0 spiro atoms. The fraction of sp³-hybridized carbons (Fsp3) is 0.400. The molecular weight excluding hydrogens is 254 g/mol. The molecule has 0 atom stereocenters. The van der Waals surface area contributed by atoms with E-state index in [9.17, 15) is 4.79 Å². The zero-order valence-corrected chi connectivity index (χ0v) is 11.3. The third kappa shape index (κ3) is 2.36. The van der Waals surface area contributed by atoms with Gasteiger partial charge in [0, 0.05) is 35.9 Å². The van der Waals surface area contributed by atoms with Gasteiger partial charge >= 0.3 is 0 Å². The van der Waals surface area contributed by atoms with Crippen molar-refractivity contribution in [2.75, 3.05) is 18.9 Å². The second-order valence-electron chi connectivity index (χ2n) is 5.66. The molecule has 106 valence electrons. The quantitative estimate of drug-likeness (QED) is 0.624. The van der Waals surface area contributed by atoms with Crippen LogP contribution in [0.4, 0.5) is 5.69 Å². The number of nitrogens with two attached hydrogens (primary N) is 1. The summed E-state index contributed by atoms with van der Waals surface area (Å²) in [4.78, 5) is 15.3. The first-order chi connectivity index (χ1) is 9.63. The molecule has 1 aromatic heterocycles. The summed E-state index contributed by atoms with van der Waals surface area (Å²) in [5.41, 5.74) is 8.03. The maximum Gasteiger partial charge on any atom is 0.253 e. The lowest BCUT2D eigenvalue weighted by Crippen LogP contribution is -2.30. The van der Waals surface area contributed by atoms with Crippen LogP contribution in [0.2, 0.25) is 0 Å². The van der Waals surface area contributed by atoms with Crippen LogP contribution in [0.3, 0.4) is 0 Å². The third-order valence-electron chi connectivity index (χ3n) is 4.17. The molecule has 1 aliphatic rings. The molecular formula is C15H19N3O2. The number of rotatable bonds is 5. The van der Waals surface area contributed by atoms with Crippen LogP contribution in [0.25, 0.3) is 10.9 Å². The van der Waals surface area contributed by atoms with E-state index in [1.165, 1.54) is 0 Å². The molecule has 1 saturated carbocycles. The molecule has 5 nitrogen and oxygen atoms in total. The minimum absolute atomic E-state index is 0.0785. The van der Waals surface area contributed by atoms with Crippen LogP contribution in [-0.2, 0) is 0 Å². The number of aliphatic hydroxyl groups excluding tert-OH is 1. The van der Waals surface area contributed by atoms with Crippen molar-refractivity contribution < 1.29 is 9.90 Å². The second kappa shape index (κ2) is 4.83. The monoisotopic (exact) mass is 273 g/mol. The molecule has 0 unspecified atom stereocenters. The molecule has 1 fully saturated rings. The van der Waals surface area contributed by atoms with Crippen molar-refractivity contribution in [2.45, 2.75) is 19.3 Å². The summed E-state index contributed by atoms with van der Waals surface area (Å²) in [5, 5.41) is 12.9. The molecule has 0 aliphatic heterocycles. The Balaban J connectivity index is 1.73. The van der Waals surface area contributed by atoms with Crippen molar-refractivity contribution in [1.29, 1.82) is 0 Å². The lowest BCUT2D eigenvalue weighted by Gasteiger charge is -2.14. The standard InChI is InChI=1S/C15H19N3O2/c16-10-1-2-11-12(8-17-13(11)7-10)14(20)18-9-15(3-4-15)5-6-19/h1-2,7-8,17,19H,3-6,9,16H2,(H,18,20). The number of fused-ring (bicyclic) bond motifs is 1. The van der Waals surface area contributed by atoms with Crippen molar-refractivity contribution in [3.63, 3.8) is 0 Å². The zero-order chi connectivity index (χ0) is 14.2. The van der Waals surface area contributed by atoms with Crippen LogP contribution in [0.5, 0.6) is 0 Å². The van der Waals surface area contributed by atoms with E-state index in [0.717, 1.165) is 30.2 Å². The van der Waals surface area contributed by atoms with Gasteiger partial charge in [0.25, 0.3) is 5.91 Å². The molecule has 2 aromatic rings. The normalized spacial score (nSPS) is 16.2. The summed E-state index contributed by atoms with van der Waals surface area (Å²) in [6, 6.07) is 5.47. The number of carbonyl (C=O) groups excluding carboxylic acids is 1. The molecule has 5 N–H and O–H groups in total. The highest BCUT2D eigenvalue weighted by atomic mass is 16.3. The van der Waals surface area contributed by atoms with Gasteiger partial charge in [-0.15, -0.1) is 0 Å². The minimum atomic E-state index is -0.0785. The summed E-state index contributed by atoms with van der Waals surface area (Å²) in [5.74, 6) is -0.0785. The summed E-state index contributed by atoms with van der Waals surface area (Å²) in [6.45, 7) is 0.816. The number of amides is 1. The van der Waals surface area contributed by atoms with Crippen LogP contribution in [0.1, 0.15) is 29.6 Å². The number of H-pyrrole nitrogens is 1. The van der Waals surface area contributed by atoms with E-state index in [1.54, 1.807) is 12.3 Å². The van der Waals surface area contributed by atoms with Crippen LogP contribution in [0.15, 0.2) is 24.4 Å². The van der Waals surface area contributed by atoms with E-state index in [1.807, 2.05) is 12.1 Å². The first-order valence-corrected chi connectivity index (χ1v) is 6.89. The SMILES string of the molecule is Nc1ccc2c(C(=O)NCC3(CCO)CC3)c[nH]c2c1. The number of nitrogen functional groups attached to an aromatic ring is 1. The molecule has 5 heteroatoms. The average Bonchev–Trinajstić information content (AvgIpc) is 3.07. The molecule has 1 aliphatic carbocycles. The molecule has 0 radical (unpaired) electrons. The van der Waals surface area contributed by atoms with Gasteiger partial charge in [0.15, 0.2) is 0 Å². The Morgan fingerprint density at radius 2 is 2.25 bits per heavy atom. The molecule has 0 bridgehead atoms. The highest BCUT2D eigenvalue weighted by molar-refractivity contribution is 6.07. The molecule has 1 aromatic carbocycles. The van der Waals surface area contributed by atoms with Crippen molar-refractivity contribution in [3.05, 3.63) is 30.0 Å². The van der Waals surface area contributed by atoms with Crippen LogP contribution >= 0.6 is 0 Å². The van der Waals surface area contributed by atoms with Crippen molar-refractivity contribution >= 4 is 22.5 Å². The number of carbonyl (C=O) groups is 1. The predicted molar refractivity (Wildman–Crippen MR) is 78.4 cm³/mol. The number of aromatic amines is 1. The number of hydrogen-bond donors (Lipinski definition) is 4. The smallest absolute Gasteiger partial charge is 0.253 e. The first-order valence-electron chi connectivity index (χ1n) is 6.89. The Hall–Kier alpha value is -2.01. The van der Waals surface area contributed by atoms with Gasteiger partial charge in [0.2, 0.25) is 0 Å². The van der Waals surface area contributed by atoms with Crippen molar-refractivity contribution in [3.8, 4) is 0 Å². The summed E-state index contributed by atoms with van der Waals surface area (Å²) in [7, 11) is 0. The Morgan fingerprint density at radius 3 is 2.95 bits per heavy atom. The zero-order valence-electron chi connectivity index (χ0n) is 11.3. The number of anilines is 1. The van der Waals surface area contributed by atoms with E-state index < -0.39 is 0 Å². The fourth-order valence-electron chi connectivity index (χ4n) is 2.62. The van der Waals surface area contributed by atoms with E-state index in [2.05, 4.69) is 10.3 Å². The summed E-state index contributed by atoms with van der Waals surface area (Å²) >= 11 is 0. The van der Waals surface area contributed by atoms with Gasteiger partial charge in [-0.25, -0.2) is 0 Å². The molecule has 0 saturated heterocycles. The van der Waals surface area contributed by atoms with Gasteiger partial charge in [-0.2, -0.15) is 0 Å². The fourth-order valence-corrected chi connectivity index (χ4v) is 2.62. The van der Waals surface area contributed by atoms with Crippen LogP contribution < -0.4 is 11.1 Å². The Labute approximate surface area is 117 Å². The lowest BCUT2D eigenvalue weighted by molar-refractivity contribution is 0.0942. The van der Waals surface area contributed by atoms with Gasteiger partial charge < -0.3 is 21.1 Å². The third-order valence-corrected chi connectivity index (χ3v) is 4.17. The summed E-state index contributed by atoms with van der Waals surface area (Å²) < 4.78 is 0. The number of hydrogen-bond acceptors (Lipinski definition) is 3. The second-order valence-corrected chi connectivity index (χ2v) is 5.66. The van der Waals surface area contributed by atoms with E-state index in [-0.39, 0.29) is 17.9 Å². The average molecular weight is 273 g/mol. The van der Waals surface area contributed by atoms with Gasteiger partial charge in [-0.1, -0.05) is 0 Å². The van der Waals surface area contributed by atoms with E-state index >= 15 is 0 Å². The number of benzene rings is 1. The summed E-state index contributed by atoms with van der Waals surface area (Å²) in [6.07, 6.45) is 4.64. The topological polar surface area (TPSA) is 91.1 Å². The van der Waals surface area contributed by atoms with Gasteiger partial charge in [0.05, 0.1) is 5.56 Å². The van der Waals surface area contributed by atoms with Gasteiger partial charge in [-0.3, -0.25) is 4.79 Å². The Kier molecular flexibility index (Phi) is 3.14. The van der Waals surface area contributed by atoms with E-state index in [4.69, 9.17) is 10.8 Å². The lowest BCUT2D eigenvalue weighted by atomic mass is 10.0. The van der Waals surface area contributed by atoms with Crippen molar-refractivity contribution in [1.82, 2.24) is 10.3 Å². The highest BCUT2D eigenvalue weighted by Crippen LogP contribution is 2.47. The maximum atomic E-state index is 12.3. The first kappa shape index (κ1) is 13.0. The minimum Gasteiger partial charge on any atom is -0.399 e. The number of aliphatic hydroxyl groups is 1.